The molecule has 0 radical (unpaired) electrons. The van der Waals surface area contributed by atoms with E-state index in [1.54, 1.807) is 0 Å². The number of fused-ring (bicyclic) bond motifs is 1. The first-order valence-corrected chi connectivity index (χ1v) is 6.19. The molecule has 86 valence electrons. The normalized spacial score (nSPS) is 36.7. The highest BCUT2D eigenvalue weighted by Crippen LogP contribution is 2.38. The number of likely N-dealkylation sites (tertiary alicyclic amines) is 1. The number of hydrogen-bond donors (Lipinski definition) is 1. The molecule has 1 amide bonds. The molecule has 1 heterocycles. The van der Waals surface area contributed by atoms with Crippen molar-refractivity contribution in [3.8, 4) is 0 Å². The average molecular weight is 232 g/mol. The molecule has 1 saturated heterocycles. The van der Waals surface area contributed by atoms with Gasteiger partial charge >= 0.3 is 0 Å². The van der Waals surface area contributed by atoms with E-state index in [-0.39, 0.29) is 17.9 Å². The Kier molecular flexibility index (Phi) is 3.21. The summed E-state index contributed by atoms with van der Waals surface area (Å²) in [6, 6.07) is 0. The third-order valence-corrected chi connectivity index (χ3v) is 4.25. The third kappa shape index (κ3) is 2.00. The predicted octanol–water partition coefficient (Wildman–Crippen LogP) is 1.09. The summed E-state index contributed by atoms with van der Waals surface area (Å²) in [7, 11) is 0. The van der Waals surface area contributed by atoms with Gasteiger partial charge in [-0.1, -0.05) is 6.92 Å². The van der Waals surface area contributed by atoms with E-state index in [1.165, 1.54) is 0 Å². The molecule has 1 aliphatic carbocycles. The summed E-state index contributed by atoms with van der Waals surface area (Å²) < 4.78 is 0. The Morgan fingerprint density at radius 2 is 2.27 bits per heavy atom. The number of alkyl halides is 1. The number of aliphatic hydroxyl groups is 1. The maximum absolute atomic E-state index is 11.9. The van der Waals surface area contributed by atoms with Crippen LogP contribution in [0.15, 0.2) is 0 Å². The quantitative estimate of drug-likeness (QED) is 0.723. The highest BCUT2D eigenvalue weighted by molar-refractivity contribution is 6.19. The minimum atomic E-state index is -0.195. The lowest BCUT2D eigenvalue weighted by atomic mass is 10.00. The number of carbonyl (C=O) groups is 1. The Bertz CT molecular complexity index is 259. The zero-order valence-electron chi connectivity index (χ0n) is 9.03. The molecule has 1 saturated carbocycles. The lowest BCUT2D eigenvalue weighted by Gasteiger charge is -2.21. The van der Waals surface area contributed by atoms with Gasteiger partial charge in [0.1, 0.15) is 0 Å². The monoisotopic (exact) mass is 231 g/mol. The number of hydrogen-bond acceptors (Lipinski definition) is 2. The van der Waals surface area contributed by atoms with Crippen LogP contribution in [0.1, 0.15) is 19.8 Å². The Labute approximate surface area is 95.4 Å². The fourth-order valence-electron chi connectivity index (χ4n) is 2.79. The Morgan fingerprint density at radius 3 is 2.87 bits per heavy atom. The standard InChI is InChI=1S/C11H18ClNO2/c1-7(4-12)11(15)13-5-8-2-3-10(14)9(8)6-13/h7-10,14H,2-6H2,1H3. The first-order chi connectivity index (χ1) is 7.13. The highest BCUT2D eigenvalue weighted by Gasteiger charge is 2.43. The summed E-state index contributed by atoms with van der Waals surface area (Å²) >= 11 is 5.68. The number of amides is 1. The van der Waals surface area contributed by atoms with Crippen molar-refractivity contribution in [1.29, 1.82) is 0 Å². The van der Waals surface area contributed by atoms with Gasteiger partial charge in [0, 0.05) is 30.8 Å². The maximum Gasteiger partial charge on any atom is 0.226 e. The minimum Gasteiger partial charge on any atom is -0.393 e. The molecule has 15 heavy (non-hydrogen) atoms. The molecule has 2 rings (SSSR count). The van der Waals surface area contributed by atoms with Gasteiger partial charge in [-0.3, -0.25) is 4.79 Å². The van der Waals surface area contributed by atoms with E-state index in [9.17, 15) is 9.90 Å². The van der Waals surface area contributed by atoms with Crippen molar-refractivity contribution in [3.05, 3.63) is 0 Å². The SMILES string of the molecule is CC(CCl)C(=O)N1CC2CCC(O)C2C1. The summed E-state index contributed by atoms with van der Waals surface area (Å²) in [5.74, 6) is 1.27. The van der Waals surface area contributed by atoms with Gasteiger partial charge in [-0.25, -0.2) is 0 Å². The molecule has 4 unspecified atom stereocenters. The van der Waals surface area contributed by atoms with Crippen molar-refractivity contribution < 1.29 is 9.90 Å². The van der Waals surface area contributed by atoms with E-state index < -0.39 is 0 Å². The summed E-state index contributed by atoms with van der Waals surface area (Å²) in [6.07, 6.45) is 1.77. The molecule has 1 aliphatic heterocycles. The van der Waals surface area contributed by atoms with Gasteiger partial charge in [0.15, 0.2) is 0 Å². The van der Waals surface area contributed by atoms with Gasteiger partial charge < -0.3 is 10.0 Å². The number of carbonyl (C=O) groups excluding carboxylic acids is 1. The van der Waals surface area contributed by atoms with E-state index in [0.29, 0.717) is 17.7 Å². The summed E-state index contributed by atoms with van der Waals surface area (Å²) in [5, 5.41) is 9.73. The molecule has 2 aliphatic rings. The lowest BCUT2D eigenvalue weighted by Crippen LogP contribution is -2.35. The number of nitrogens with zero attached hydrogens (tertiary/aromatic N) is 1. The van der Waals surface area contributed by atoms with Crippen LogP contribution in [0.5, 0.6) is 0 Å². The van der Waals surface area contributed by atoms with Crippen LogP contribution < -0.4 is 0 Å². The van der Waals surface area contributed by atoms with Crippen LogP contribution in [0.25, 0.3) is 0 Å². The molecule has 1 N–H and O–H groups in total. The van der Waals surface area contributed by atoms with Crippen LogP contribution in [0.2, 0.25) is 0 Å². The fraction of sp³-hybridized carbons (Fsp3) is 0.909. The molecular weight excluding hydrogens is 214 g/mol. The first kappa shape index (κ1) is 11.2. The van der Waals surface area contributed by atoms with Crippen molar-refractivity contribution in [1.82, 2.24) is 4.90 Å². The fourth-order valence-corrected chi connectivity index (χ4v) is 2.93. The molecule has 4 heteroatoms. The molecule has 2 fully saturated rings. The lowest BCUT2D eigenvalue weighted by molar-refractivity contribution is -0.133. The number of rotatable bonds is 2. The van der Waals surface area contributed by atoms with Crippen molar-refractivity contribution in [2.75, 3.05) is 19.0 Å². The van der Waals surface area contributed by atoms with Crippen LogP contribution in [-0.4, -0.2) is 41.0 Å². The molecule has 0 aromatic carbocycles. The Hall–Kier alpha value is -0.280. The molecule has 0 bridgehead atoms. The van der Waals surface area contributed by atoms with Crippen LogP contribution >= 0.6 is 11.6 Å². The van der Waals surface area contributed by atoms with Crippen molar-refractivity contribution in [3.63, 3.8) is 0 Å². The van der Waals surface area contributed by atoms with Crippen LogP contribution in [-0.2, 0) is 4.79 Å². The Balaban J connectivity index is 1.96. The highest BCUT2D eigenvalue weighted by atomic mass is 35.5. The second-order valence-corrected chi connectivity index (χ2v) is 5.18. The summed E-state index contributed by atoms with van der Waals surface area (Å²) in [6.45, 7) is 3.41. The van der Waals surface area contributed by atoms with E-state index in [0.717, 1.165) is 25.9 Å². The molecule has 0 spiro atoms. The molecule has 0 aromatic rings. The molecule has 0 aromatic heterocycles. The maximum atomic E-state index is 11.9. The molecular formula is C11H18ClNO2. The second kappa shape index (κ2) is 4.30. The Morgan fingerprint density at radius 1 is 1.53 bits per heavy atom. The van der Waals surface area contributed by atoms with Crippen molar-refractivity contribution in [2.45, 2.75) is 25.9 Å². The van der Waals surface area contributed by atoms with E-state index in [4.69, 9.17) is 11.6 Å². The van der Waals surface area contributed by atoms with Crippen LogP contribution in [0.4, 0.5) is 0 Å². The van der Waals surface area contributed by atoms with Crippen molar-refractivity contribution >= 4 is 17.5 Å². The predicted molar refractivity (Wildman–Crippen MR) is 58.7 cm³/mol. The minimum absolute atomic E-state index is 0.0948. The second-order valence-electron chi connectivity index (χ2n) is 4.87. The zero-order chi connectivity index (χ0) is 11.0. The summed E-state index contributed by atoms with van der Waals surface area (Å²) in [4.78, 5) is 13.8. The number of halogens is 1. The largest absolute Gasteiger partial charge is 0.393 e. The van der Waals surface area contributed by atoms with E-state index in [1.807, 2.05) is 11.8 Å². The van der Waals surface area contributed by atoms with E-state index in [2.05, 4.69) is 0 Å². The van der Waals surface area contributed by atoms with Gasteiger partial charge in [-0.15, -0.1) is 11.6 Å². The zero-order valence-corrected chi connectivity index (χ0v) is 9.78. The molecule has 3 nitrogen and oxygen atoms in total. The topological polar surface area (TPSA) is 40.5 Å². The smallest absolute Gasteiger partial charge is 0.226 e. The third-order valence-electron chi connectivity index (χ3n) is 3.78. The molecule has 4 atom stereocenters. The average Bonchev–Trinajstić information content (AvgIpc) is 2.79. The summed E-state index contributed by atoms with van der Waals surface area (Å²) in [5.41, 5.74) is 0. The van der Waals surface area contributed by atoms with Crippen molar-refractivity contribution in [2.24, 2.45) is 17.8 Å². The van der Waals surface area contributed by atoms with Gasteiger partial charge in [-0.05, 0) is 18.8 Å². The number of aliphatic hydroxyl groups excluding tert-OH is 1. The van der Waals surface area contributed by atoms with Gasteiger partial charge in [-0.2, -0.15) is 0 Å². The van der Waals surface area contributed by atoms with Gasteiger partial charge in [0.05, 0.1) is 6.10 Å². The van der Waals surface area contributed by atoms with Gasteiger partial charge in [0.2, 0.25) is 5.91 Å². The van der Waals surface area contributed by atoms with E-state index >= 15 is 0 Å². The van der Waals surface area contributed by atoms with Gasteiger partial charge in [0.25, 0.3) is 0 Å². The van der Waals surface area contributed by atoms with Crippen LogP contribution in [0.3, 0.4) is 0 Å². The first-order valence-electron chi connectivity index (χ1n) is 5.66. The van der Waals surface area contributed by atoms with Crippen LogP contribution in [0, 0.1) is 17.8 Å².